The summed E-state index contributed by atoms with van der Waals surface area (Å²) in [4.78, 5) is 16.7. The summed E-state index contributed by atoms with van der Waals surface area (Å²) in [6.45, 7) is 3.97. The third-order valence-electron chi connectivity index (χ3n) is 3.08. The molecule has 0 unspecified atom stereocenters. The van der Waals surface area contributed by atoms with Crippen LogP contribution in [-0.2, 0) is 0 Å². The number of fused-ring (bicyclic) bond motifs is 1. The largest absolute Gasteiger partial charge is 0.373 e. The molecule has 0 fully saturated rings. The maximum atomic E-state index is 4.54. The van der Waals surface area contributed by atoms with Crippen LogP contribution in [0.1, 0.15) is 11.4 Å². The van der Waals surface area contributed by atoms with E-state index in [4.69, 9.17) is 0 Å². The lowest BCUT2D eigenvalue weighted by Crippen LogP contribution is -1.92. The molecule has 0 aliphatic carbocycles. The van der Waals surface area contributed by atoms with Gasteiger partial charge >= 0.3 is 0 Å². The van der Waals surface area contributed by atoms with Crippen molar-refractivity contribution < 1.29 is 0 Å². The third kappa shape index (κ3) is 2.03. The summed E-state index contributed by atoms with van der Waals surface area (Å²) in [6.07, 6.45) is 0. The molecule has 0 radical (unpaired) electrons. The van der Waals surface area contributed by atoms with Gasteiger partial charge in [0.25, 0.3) is 0 Å². The highest BCUT2D eigenvalue weighted by molar-refractivity contribution is 5.77. The van der Waals surface area contributed by atoms with Crippen LogP contribution < -0.4 is 5.32 Å². The summed E-state index contributed by atoms with van der Waals surface area (Å²) in [6, 6.07) is 7.92. The average molecular weight is 253 g/mol. The number of nitrogens with zero attached hydrogens (tertiary/aromatic N) is 3. The van der Waals surface area contributed by atoms with E-state index in [1.807, 2.05) is 45.2 Å². The van der Waals surface area contributed by atoms with Crippen molar-refractivity contribution >= 4 is 17.0 Å². The first-order chi connectivity index (χ1) is 9.17. The third-order valence-corrected chi connectivity index (χ3v) is 3.08. The Hall–Kier alpha value is -2.43. The Kier molecular flexibility index (Phi) is 2.67. The smallest absolute Gasteiger partial charge is 0.180 e. The molecule has 0 spiro atoms. The van der Waals surface area contributed by atoms with E-state index in [9.17, 15) is 0 Å². The number of pyridine rings is 2. The molecule has 3 rings (SSSR count). The SMILES string of the molecule is CNc1ccc2[nH]c(-c3ccc(C)nc3C)nc2n1. The highest BCUT2D eigenvalue weighted by atomic mass is 15.0. The minimum atomic E-state index is 0.710. The molecule has 2 N–H and O–H groups in total. The van der Waals surface area contributed by atoms with E-state index < -0.39 is 0 Å². The van der Waals surface area contributed by atoms with Gasteiger partial charge in [-0.25, -0.2) is 9.97 Å². The summed E-state index contributed by atoms with van der Waals surface area (Å²) in [5.74, 6) is 1.62. The zero-order valence-corrected chi connectivity index (χ0v) is 11.2. The van der Waals surface area contributed by atoms with Crippen molar-refractivity contribution in [1.29, 1.82) is 0 Å². The van der Waals surface area contributed by atoms with E-state index in [1.54, 1.807) is 0 Å². The lowest BCUT2D eigenvalue weighted by atomic mass is 10.2. The van der Waals surface area contributed by atoms with Gasteiger partial charge in [0.2, 0.25) is 0 Å². The average Bonchev–Trinajstić information content (AvgIpc) is 2.80. The number of aromatic nitrogens is 4. The molecule has 19 heavy (non-hydrogen) atoms. The monoisotopic (exact) mass is 253 g/mol. The van der Waals surface area contributed by atoms with Gasteiger partial charge in [0, 0.05) is 24.0 Å². The van der Waals surface area contributed by atoms with Crippen LogP contribution in [0, 0.1) is 13.8 Å². The van der Waals surface area contributed by atoms with Crippen LogP contribution in [0.4, 0.5) is 5.82 Å². The lowest BCUT2D eigenvalue weighted by molar-refractivity contribution is 1.11. The fraction of sp³-hybridized carbons (Fsp3) is 0.214. The van der Waals surface area contributed by atoms with Gasteiger partial charge in [0.05, 0.1) is 5.52 Å². The molecule has 3 heterocycles. The van der Waals surface area contributed by atoms with Crippen molar-refractivity contribution in [1.82, 2.24) is 19.9 Å². The number of imidazole rings is 1. The Labute approximate surface area is 111 Å². The first kappa shape index (κ1) is 11.6. The maximum Gasteiger partial charge on any atom is 0.180 e. The molecular weight excluding hydrogens is 238 g/mol. The first-order valence-electron chi connectivity index (χ1n) is 6.16. The van der Waals surface area contributed by atoms with Gasteiger partial charge in [-0.15, -0.1) is 0 Å². The normalized spacial score (nSPS) is 10.9. The van der Waals surface area contributed by atoms with E-state index in [2.05, 4.69) is 25.3 Å². The quantitative estimate of drug-likeness (QED) is 0.737. The Morgan fingerprint density at radius 3 is 2.58 bits per heavy atom. The molecule has 0 amide bonds. The summed E-state index contributed by atoms with van der Waals surface area (Å²) >= 11 is 0. The van der Waals surface area contributed by atoms with Crippen molar-refractivity contribution in [2.45, 2.75) is 13.8 Å². The molecule has 0 saturated carbocycles. The minimum Gasteiger partial charge on any atom is -0.373 e. The van der Waals surface area contributed by atoms with Crippen molar-refractivity contribution in [3.63, 3.8) is 0 Å². The van der Waals surface area contributed by atoms with E-state index in [0.29, 0.717) is 5.65 Å². The number of anilines is 1. The summed E-state index contributed by atoms with van der Waals surface area (Å²) < 4.78 is 0. The Bertz CT molecular complexity index is 745. The Morgan fingerprint density at radius 1 is 1.00 bits per heavy atom. The molecule has 0 aromatic carbocycles. The van der Waals surface area contributed by atoms with Gasteiger partial charge in [-0.2, -0.15) is 0 Å². The summed E-state index contributed by atoms with van der Waals surface area (Å²) in [7, 11) is 1.84. The molecule has 96 valence electrons. The van der Waals surface area contributed by atoms with E-state index >= 15 is 0 Å². The van der Waals surface area contributed by atoms with Gasteiger partial charge < -0.3 is 10.3 Å². The van der Waals surface area contributed by atoms with Gasteiger partial charge in [-0.1, -0.05) is 0 Å². The first-order valence-corrected chi connectivity index (χ1v) is 6.16. The van der Waals surface area contributed by atoms with Crippen molar-refractivity contribution in [3.05, 3.63) is 35.7 Å². The van der Waals surface area contributed by atoms with Crippen LogP contribution in [0.3, 0.4) is 0 Å². The van der Waals surface area contributed by atoms with Crippen LogP contribution >= 0.6 is 0 Å². The molecule has 3 aromatic heterocycles. The summed E-state index contributed by atoms with van der Waals surface area (Å²) in [5, 5.41) is 3.01. The number of hydrogen-bond donors (Lipinski definition) is 2. The van der Waals surface area contributed by atoms with Crippen LogP contribution in [0.15, 0.2) is 24.3 Å². The zero-order chi connectivity index (χ0) is 13.4. The predicted molar refractivity (Wildman–Crippen MR) is 76.1 cm³/mol. The van der Waals surface area contributed by atoms with Gasteiger partial charge in [-0.3, -0.25) is 4.98 Å². The number of aryl methyl sites for hydroxylation is 2. The maximum absolute atomic E-state index is 4.54. The Morgan fingerprint density at radius 2 is 1.84 bits per heavy atom. The minimum absolute atomic E-state index is 0.710. The van der Waals surface area contributed by atoms with Gasteiger partial charge in [-0.05, 0) is 38.1 Å². The molecule has 3 aromatic rings. The lowest BCUT2D eigenvalue weighted by Gasteiger charge is -2.01. The second kappa shape index (κ2) is 4.35. The topological polar surface area (TPSA) is 66.5 Å². The van der Waals surface area contributed by atoms with Gasteiger partial charge in [0.15, 0.2) is 5.65 Å². The molecule has 0 aliphatic rings. The highest BCUT2D eigenvalue weighted by Crippen LogP contribution is 2.22. The highest BCUT2D eigenvalue weighted by Gasteiger charge is 2.09. The van der Waals surface area contributed by atoms with Crippen molar-refractivity contribution in [2.24, 2.45) is 0 Å². The number of aromatic amines is 1. The predicted octanol–water partition coefficient (Wildman–Crippen LogP) is 2.68. The fourth-order valence-electron chi connectivity index (χ4n) is 2.10. The van der Waals surface area contributed by atoms with Crippen LogP contribution in [0.5, 0.6) is 0 Å². The molecule has 5 nitrogen and oxygen atoms in total. The molecule has 5 heteroatoms. The van der Waals surface area contributed by atoms with Crippen LogP contribution in [0.2, 0.25) is 0 Å². The standard InChI is InChI=1S/C14H15N5/c1-8-4-5-10(9(2)16-8)13-17-11-6-7-12(15-3)18-14(11)19-13/h4-7H,1-3H3,(H2,15,17,18,19). The van der Waals surface area contributed by atoms with E-state index in [1.165, 1.54) is 0 Å². The number of nitrogens with one attached hydrogen (secondary N) is 2. The molecule has 0 aliphatic heterocycles. The molecule has 0 atom stereocenters. The van der Waals surface area contributed by atoms with E-state index in [0.717, 1.165) is 34.1 Å². The Balaban J connectivity index is 2.14. The molecular formula is C14H15N5. The number of H-pyrrole nitrogens is 1. The van der Waals surface area contributed by atoms with Gasteiger partial charge in [0.1, 0.15) is 11.6 Å². The van der Waals surface area contributed by atoms with E-state index in [-0.39, 0.29) is 0 Å². The van der Waals surface area contributed by atoms with Crippen LogP contribution in [0.25, 0.3) is 22.6 Å². The second-order valence-corrected chi connectivity index (χ2v) is 4.49. The van der Waals surface area contributed by atoms with Crippen molar-refractivity contribution in [2.75, 3.05) is 12.4 Å². The number of rotatable bonds is 2. The fourth-order valence-corrected chi connectivity index (χ4v) is 2.10. The number of hydrogen-bond acceptors (Lipinski definition) is 4. The molecule has 0 bridgehead atoms. The van der Waals surface area contributed by atoms with Crippen LogP contribution in [-0.4, -0.2) is 27.0 Å². The van der Waals surface area contributed by atoms with Crippen molar-refractivity contribution in [3.8, 4) is 11.4 Å². The zero-order valence-electron chi connectivity index (χ0n) is 11.2. The molecule has 0 saturated heterocycles. The summed E-state index contributed by atoms with van der Waals surface area (Å²) in [5.41, 5.74) is 4.62. The second-order valence-electron chi connectivity index (χ2n) is 4.49.